The van der Waals surface area contributed by atoms with Crippen LogP contribution in [0.4, 0.5) is 0 Å². The van der Waals surface area contributed by atoms with Crippen molar-refractivity contribution in [2.24, 2.45) is 11.8 Å². The summed E-state index contributed by atoms with van der Waals surface area (Å²) in [7, 11) is 0. The van der Waals surface area contributed by atoms with Crippen molar-refractivity contribution in [3.05, 3.63) is 29.0 Å². The van der Waals surface area contributed by atoms with Gasteiger partial charge < -0.3 is 24.5 Å². The van der Waals surface area contributed by atoms with Crippen molar-refractivity contribution in [3.63, 3.8) is 0 Å². The Hall–Kier alpha value is -2.05. The molecule has 2 aromatic rings. The fraction of sp³-hybridized carbons (Fsp3) is 0.679. The normalized spacial score (nSPS) is 26.9. The highest BCUT2D eigenvalue weighted by molar-refractivity contribution is 6.00. The summed E-state index contributed by atoms with van der Waals surface area (Å²) < 4.78 is 12.5. The van der Waals surface area contributed by atoms with Gasteiger partial charge in [0.05, 0.1) is 6.10 Å². The van der Waals surface area contributed by atoms with E-state index in [2.05, 4.69) is 24.1 Å². The van der Waals surface area contributed by atoms with Crippen LogP contribution in [-0.4, -0.2) is 47.7 Å². The second kappa shape index (κ2) is 9.54. The summed E-state index contributed by atoms with van der Waals surface area (Å²) in [6.45, 7) is 10.5. The van der Waals surface area contributed by atoms with Crippen molar-refractivity contribution in [1.82, 2.24) is 10.2 Å². The predicted octanol–water partition coefficient (Wildman–Crippen LogP) is 5.36. The average molecular weight is 469 g/mol. The highest BCUT2D eigenvalue weighted by atomic mass is 16.5. The SMILES string of the molecule is Cc1c(C(=O)NCCCN2C[C@H](C)C[C@H](C)C2)oc2ccc3c(c12)[C@@H](O)CC1(CCCCC1)O3. The van der Waals surface area contributed by atoms with Crippen LogP contribution in [0, 0.1) is 18.8 Å². The molecule has 2 N–H and O–H groups in total. The van der Waals surface area contributed by atoms with Gasteiger partial charge in [-0.05, 0) is 76.0 Å². The Bertz CT molecular complexity index is 1030. The number of aliphatic hydroxyl groups is 1. The van der Waals surface area contributed by atoms with Gasteiger partial charge in [-0.1, -0.05) is 20.3 Å². The van der Waals surface area contributed by atoms with Crippen molar-refractivity contribution in [1.29, 1.82) is 0 Å². The average Bonchev–Trinajstić information content (AvgIpc) is 3.13. The Morgan fingerprint density at radius 1 is 1.18 bits per heavy atom. The molecule has 2 fully saturated rings. The van der Waals surface area contributed by atoms with Crippen molar-refractivity contribution >= 4 is 16.9 Å². The smallest absolute Gasteiger partial charge is 0.287 e. The number of hydrogen-bond donors (Lipinski definition) is 2. The van der Waals surface area contributed by atoms with E-state index in [1.807, 2.05) is 19.1 Å². The van der Waals surface area contributed by atoms with Crippen LogP contribution in [0.5, 0.6) is 5.75 Å². The Balaban J connectivity index is 1.27. The lowest BCUT2D eigenvalue weighted by atomic mass is 9.77. The van der Waals surface area contributed by atoms with E-state index in [1.165, 1.54) is 12.8 Å². The molecule has 1 aliphatic carbocycles. The third-order valence-electron chi connectivity index (χ3n) is 8.17. The zero-order valence-electron chi connectivity index (χ0n) is 21.0. The Kier molecular flexibility index (Phi) is 6.64. The molecule has 0 unspecified atom stereocenters. The van der Waals surface area contributed by atoms with Crippen LogP contribution in [0.25, 0.3) is 11.0 Å². The third-order valence-corrected chi connectivity index (χ3v) is 8.17. The molecule has 6 nitrogen and oxygen atoms in total. The van der Waals surface area contributed by atoms with Gasteiger partial charge in [-0.15, -0.1) is 0 Å². The molecule has 1 amide bonds. The molecule has 1 spiro atoms. The summed E-state index contributed by atoms with van der Waals surface area (Å²) >= 11 is 0. The fourth-order valence-electron chi connectivity index (χ4n) is 6.78. The minimum atomic E-state index is -0.605. The van der Waals surface area contributed by atoms with Crippen molar-refractivity contribution in [2.75, 3.05) is 26.2 Å². The van der Waals surface area contributed by atoms with Crippen LogP contribution in [0.2, 0.25) is 0 Å². The first kappa shape index (κ1) is 23.7. The largest absolute Gasteiger partial charge is 0.487 e. The molecular formula is C28H40N2O4. The van der Waals surface area contributed by atoms with Crippen LogP contribution in [0.1, 0.15) is 93.0 Å². The summed E-state index contributed by atoms with van der Waals surface area (Å²) in [4.78, 5) is 15.5. The topological polar surface area (TPSA) is 74.9 Å². The Labute approximate surface area is 203 Å². The van der Waals surface area contributed by atoms with Gasteiger partial charge in [0.25, 0.3) is 5.91 Å². The molecule has 186 valence electrons. The number of fused-ring (bicyclic) bond motifs is 3. The number of likely N-dealkylation sites (tertiary alicyclic amines) is 1. The minimum absolute atomic E-state index is 0.183. The van der Waals surface area contributed by atoms with Gasteiger partial charge >= 0.3 is 0 Å². The summed E-state index contributed by atoms with van der Waals surface area (Å²) in [5.41, 5.74) is 1.95. The first-order chi connectivity index (χ1) is 16.3. The number of hydrogen-bond acceptors (Lipinski definition) is 5. The lowest BCUT2D eigenvalue weighted by Crippen LogP contribution is -2.42. The van der Waals surface area contributed by atoms with Crippen LogP contribution in [0.15, 0.2) is 16.5 Å². The van der Waals surface area contributed by atoms with Gasteiger partial charge in [0, 0.05) is 42.6 Å². The first-order valence-electron chi connectivity index (χ1n) is 13.3. The van der Waals surface area contributed by atoms with Gasteiger partial charge in [0.1, 0.15) is 16.9 Å². The van der Waals surface area contributed by atoms with E-state index < -0.39 is 6.10 Å². The summed E-state index contributed by atoms with van der Waals surface area (Å²) in [5, 5.41) is 15.0. The maximum atomic E-state index is 13.0. The van der Waals surface area contributed by atoms with Crippen molar-refractivity contribution in [2.45, 2.75) is 83.8 Å². The Morgan fingerprint density at radius 3 is 2.65 bits per heavy atom. The van der Waals surface area contributed by atoms with E-state index in [9.17, 15) is 9.90 Å². The van der Waals surface area contributed by atoms with E-state index >= 15 is 0 Å². The maximum absolute atomic E-state index is 13.0. The second-order valence-corrected chi connectivity index (χ2v) is 11.3. The van der Waals surface area contributed by atoms with Crippen molar-refractivity contribution < 1.29 is 19.1 Å². The zero-order chi connectivity index (χ0) is 23.9. The van der Waals surface area contributed by atoms with Gasteiger partial charge in [-0.2, -0.15) is 0 Å². The number of nitrogens with one attached hydrogen (secondary N) is 1. The highest BCUT2D eigenvalue weighted by Crippen LogP contribution is 2.49. The number of benzene rings is 1. The van der Waals surface area contributed by atoms with Gasteiger partial charge in [0.2, 0.25) is 0 Å². The fourth-order valence-corrected chi connectivity index (χ4v) is 6.78. The number of furan rings is 1. The molecule has 1 saturated carbocycles. The number of aliphatic hydroxyl groups excluding tert-OH is 1. The van der Waals surface area contributed by atoms with Gasteiger partial charge in [-0.3, -0.25) is 4.79 Å². The van der Waals surface area contributed by atoms with E-state index in [0.29, 0.717) is 24.3 Å². The monoisotopic (exact) mass is 468 g/mol. The standard InChI is InChI=1S/C28H40N2O4/c1-18-14-19(2)17-30(16-18)13-7-12-29-27(32)26-20(3)24-22(33-26)8-9-23-25(24)21(31)15-28(34-23)10-5-4-6-11-28/h8-9,18-19,21,31H,4-7,10-17H2,1-3H3,(H,29,32)/t18-,19+,21-/m0/s1. The Morgan fingerprint density at radius 2 is 1.91 bits per heavy atom. The molecule has 3 heterocycles. The number of amides is 1. The van der Waals surface area contributed by atoms with Gasteiger partial charge in [0.15, 0.2) is 5.76 Å². The van der Waals surface area contributed by atoms with E-state index in [-0.39, 0.29) is 11.5 Å². The number of carbonyl (C=O) groups excluding carboxylic acids is 1. The predicted molar refractivity (Wildman–Crippen MR) is 133 cm³/mol. The number of ether oxygens (including phenoxy) is 1. The maximum Gasteiger partial charge on any atom is 0.287 e. The number of aryl methyl sites for hydroxylation is 1. The molecular weight excluding hydrogens is 428 g/mol. The molecule has 3 atom stereocenters. The molecule has 1 saturated heterocycles. The number of carbonyl (C=O) groups is 1. The molecule has 5 rings (SSSR count). The van der Waals surface area contributed by atoms with Gasteiger partial charge in [-0.25, -0.2) is 0 Å². The van der Waals surface area contributed by atoms with Crippen LogP contribution in [0.3, 0.4) is 0 Å². The summed E-state index contributed by atoms with van der Waals surface area (Å²) in [6.07, 6.45) is 7.76. The van der Waals surface area contributed by atoms with Crippen LogP contribution in [-0.2, 0) is 0 Å². The quantitative estimate of drug-likeness (QED) is 0.578. The van der Waals surface area contributed by atoms with E-state index in [4.69, 9.17) is 9.15 Å². The lowest BCUT2D eigenvalue weighted by Gasteiger charge is -2.43. The lowest BCUT2D eigenvalue weighted by molar-refractivity contribution is -0.0373. The number of rotatable bonds is 5. The molecule has 2 aliphatic heterocycles. The second-order valence-electron chi connectivity index (χ2n) is 11.3. The van der Waals surface area contributed by atoms with Crippen LogP contribution >= 0.6 is 0 Å². The van der Waals surface area contributed by atoms with Crippen molar-refractivity contribution in [3.8, 4) is 5.75 Å². The molecule has 3 aliphatic rings. The van der Waals surface area contributed by atoms with E-state index in [0.717, 1.165) is 85.8 Å². The molecule has 34 heavy (non-hydrogen) atoms. The molecule has 1 aromatic heterocycles. The number of piperidine rings is 1. The zero-order valence-corrected chi connectivity index (χ0v) is 21.0. The molecule has 1 aromatic carbocycles. The van der Waals surface area contributed by atoms with E-state index in [1.54, 1.807) is 0 Å². The molecule has 0 radical (unpaired) electrons. The highest BCUT2D eigenvalue weighted by Gasteiger charge is 2.42. The molecule has 0 bridgehead atoms. The minimum Gasteiger partial charge on any atom is -0.487 e. The summed E-state index contributed by atoms with van der Waals surface area (Å²) in [6, 6.07) is 3.78. The number of nitrogens with zero attached hydrogens (tertiary/aromatic N) is 1. The summed E-state index contributed by atoms with van der Waals surface area (Å²) in [5.74, 6) is 2.39. The molecule has 6 heteroatoms. The first-order valence-corrected chi connectivity index (χ1v) is 13.3. The van der Waals surface area contributed by atoms with Crippen LogP contribution < -0.4 is 10.1 Å². The third kappa shape index (κ3) is 4.59.